The lowest BCUT2D eigenvalue weighted by molar-refractivity contribution is -0.384. The van der Waals surface area contributed by atoms with E-state index in [1.165, 1.54) is 12.1 Å². The number of ether oxygens (including phenoxy) is 1. The Hall–Kier alpha value is -3.83. The van der Waals surface area contributed by atoms with Gasteiger partial charge in [0.05, 0.1) is 22.1 Å². The smallest absolute Gasteiger partial charge is 0.269 e. The van der Waals surface area contributed by atoms with Gasteiger partial charge >= 0.3 is 0 Å². The Morgan fingerprint density at radius 3 is 2.79 bits per heavy atom. The number of nitro groups is 1. The summed E-state index contributed by atoms with van der Waals surface area (Å²) in [7, 11) is 0. The predicted molar refractivity (Wildman–Crippen MR) is 101 cm³/mol. The van der Waals surface area contributed by atoms with Crippen molar-refractivity contribution in [2.45, 2.75) is 5.92 Å². The number of aromatic amines is 1. The lowest BCUT2D eigenvalue weighted by Crippen LogP contribution is -2.21. The molecule has 9 heteroatoms. The van der Waals surface area contributed by atoms with Crippen LogP contribution in [0.25, 0.3) is 11.3 Å². The molecule has 0 aliphatic carbocycles. The highest BCUT2D eigenvalue weighted by Gasteiger charge is 2.36. The number of nitro benzene ring substituents is 1. The molecule has 0 fully saturated rings. The molecule has 0 radical (unpaired) electrons. The fourth-order valence-electron chi connectivity index (χ4n) is 3.27. The van der Waals surface area contributed by atoms with Crippen LogP contribution in [0.3, 0.4) is 0 Å². The monoisotopic (exact) mass is 393 g/mol. The van der Waals surface area contributed by atoms with Crippen molar-refractivity contribution in [1.82, 2.24) is 10.2 Å². The molecular weight excluding hydrogens is 382 g/mol. The number of benzene rings is 2. The van der Waals surface area contributed by atoms with Gasteiger partial charge in [0, 0.05) is 22.7 Å². The summed E-state index contributed by atoms with van der Waals surface area (Å²) >= 11 is 6.34. The lowest BCUT2D eigenvalue weighted by Gasteiger charge is -2.24. The molecule has 8 nitrogen and oxygen atoms in total. The number of allylic oxidation sites excluding steroid dienone is 1. The Kier molecular flexibility index (Phi) is 4.22. The Bertz CT molecular complexity index is 1180. The second-order valence-electron chi connectivity index (χ2n) is 6.07. The highest BCUT2D eigenvalue weighted by atomic mass is 35.5. The highest BCUT2D eigenvalue weighted by molar-refractivity contribution is 6.33. The molecule has 1 aliphatic rings. The SMILES string of the molecule is N#CC1=C(N)Oc2n[nH]c(-c3ccccc3Cl)c2C1c1cccc([N+](=O)[O-])c1. The van der Waals surface area contributed by atoms with Crippen LogP contribution in [-0.4, -0.2) is 15.1 Å². The van der Waals surface area contributed by atoms with Gasteiger partial charge in [0.1, 0.15) is 11.6 Å². The minimum atomic E-state index is -0.696. The molecule has 3 aromatic rings. The van der Waals surface area contributed by atoms with Crippen LogP contribution in [0.5, 0.6) is 5.88 Å². The number of hydrogen-bond acceptors (Lipinski definition) is 6. The standard InChI is InChI=1S/C19H12ClN5O3/c20-14-7-2-1-6-12(14)17-16-15(10-4-3-5-11(8-10)25(26)27)13(9-21)18(22)28-19(16)24-23-17/h1-8,15H,22H2,(H,23,24). The van der Waals surface area contributed by atoms with Crippen molar-refractivity contribution < 1.29 is 9.66 Å². The normalized spacial score (nSPS) is 15.5. The third-order valence-electron chi connectivity index (χ3n) is 4.50. The van der Waals surface area contributed by atoms with Gasteiger partial charge in [-0.15, -0.1) is 5.10 Å². The van der Waals surface area contributed by atoms with E-state index in [1.54, 1.807) is 30.3 Å². The van der Waals surface area contributed by atoms with Crippen molar-refractivity contribution >= 4 is 17.3 Å². The maximum atomic E-state index is 11.2. The third kappa shape index (κ3) is 2.74. The summed E-state index contributed by atoms with van der Waals surface area (Å²) in [6, 6.07) is 15.2. The van der Waals surface area contributed by atoms with Gasteiger partial charge in [0.15, 0.2) is 0 Å². The number of aromatic nitrogens is 2. The van der Waals surface area contributed by atoms with Crippen LogP contribution < -0.4 is 10.5 Å². The van der Waals surface area contributed by atoms with E-state index in [0.29, 0.717) is 27.4 Å². The van der Waals surface area contributed by atoms with Gasteiger partial charge in [-0.05, 0) is 11.6 Å². The van der Waals surface area contributed by atoms with Gasteiger partial charge in [0.25, 0.3) is 5.69 Å². The maximum Gasteiger partial charge on any atom is 0.269 e. The molecule has 0 amide bonds. The van der Waals surface area contributed by atoms with Crippen LogP contribution in [0.15, 0.2) is 60.0 Å². The number of non-ortho nitro benzene ring substituents is 1. The van der Waals surface area contributed by atoms with E-state index in [1.807, 2.05) is 6.07 Å². The minimum absolute atomic E-state index is 0.0933. The average molecular weight is 394 g/mol. The number of nitrogens with two attached hydrogens (primary N) is 1. The molecule has 1 aliphatic heterocycles. The summed E-state index contributed by atoms with van der Waals surface area (Å²) in [6.45, 7) is 0. The molecule has 4 rings (SSSR count). The highest BCUT2D eigenvalue weighted by Crippen LogP contribution is 2.46. The van der Waals surface area contributed by atoms with Gasteiger partial charge in [-0.3, -0.25) is 15.2 Å². The van der Waals surface area contributed by atoms with E-state index >= 15 is 0 Å². The largest absolute Gasteiger partial charge is 0.420 e. The lowest BCUT2D eigenvalue weighted by atomic mass is 9.83. The first-order chi connectivity index (χ1) is 13.5. The van der Waals surface area contributed by atoms with Gasteiger partial charge in [0.2, 0.25) is 11.8 Å². The van der Waals surface area contributed by atoms with Crippen LogP contribution in [0.4, 0.5) is 5.69 Å². The number of nitrogens with one attached hydrogen (secondary N) is 1. The van der Waals surface area contributed by atoms with E-state index in [-0.39, 0.29) is 23.0 Å². The van der Waals surface area contributed by atoms with Crippen LogP contribution in [0.2, 0.25) is 5.02 Å². The molecule has 0 spiro atoms. The number of nitriles is 1. The van der Waals surface area contributed by atoms with Gasteiger partial charge in [-0.1, -0.05) is 41.9 Å². The van der Waals surface area contributed by atoms with Gasteiger partial charge in [-0.25, -0.2) is 0 Å². The zero-order valence-corrected chi connectivity index (χ0v) is 15.0. The summed E-state index contributed by atoms with van der Waals surface area (Å²) < 4.78 is 5.52. The van der Waals surface area contributed by atoms with Gasteiger partial charge in [-0.2, -0.15) is 5.26 Å². The molecule has 138 valence electrons. The van der Waals surface area contributed by atoms with Crippen LogP contribution in [0.1, 0.15) is 17.0 Å². The summed E-state index contributed by atoms with van der Waals surface area (Å²) in [6.07, 6.45) is 0. The second kappa shape index (κ2) is 6.72. The number of halogens is 1. The van der Waals surface area contributed by atoms with E-state index in [4.69, 9.17) is 22.1 Å². The van der Waals surface area contributed by atoms with Crippen molar-refractivity contribution in [3.05, 3.63) is 86.3 Å². The predicted octanol–water partition coefficient (Wildman–Crippen LogP) is 3.86. The molecule has 2 heterocycles. The van der Waals surface area contributed by atoms with E-state index in [0.717, 1.165) is 0 Å². The Morgan fingerprint density at radius 2 is 2.07 bits per heavy atom. The minimum Gasteiger partial charge on any atom is -0.420 e. The topological polar surface area (TPSA) is 131 Å². The van der Waals surface area contributed by atoms with E-state index in [9.17, 15) is 15.4 Å². The van der Waals surface area contributed by atoms with Crippen molar-refractivity contribution in [1.29, 1.82) is 5.26 Å². The quantitative estimate of drug-likeness (QED) is 0.513. The molecular formula is C19H12ClN5O3. The molecule has 2 aromatic carbocycles. The molecule has 1 aromatic heterocycles. The van der Waals surface area contributed by atoms with Crippen molar-refractivity contribution in [3.8, 4) is 23.2 Å². The first-order valence-corrected chi connectivity index (χ1v) is 8.54. The molecule has 1 atom stereocenters. The Balaban J connectivity index is 1.98. The Labute approximate surface area is 164 Å². The van der Waals surface area contributed by atoms with E-state index in [2.05, 4.69) is 16.3 Å². The number of fused-ring (bicyclic) bond motifs is 1. The fourth-order valence-corrected chi connectivity index (χ4v) is 3.50. The fraction of sp³-hybridized carbons (Fsp3) is 0.0526. The maximum absolute atomic E-state index is 11.2. The summed E-state index contributed by atoms with van der Waals surface area (Å²) in [5.41, 5.74) is 8.25. The van der Waals surface area contributed by atoms with E-state index < -0.39 is 10.8 Å². The molecule has 0 bridgehead atoms. The molecule has 1 unspecified atom stereocenters. The molecule has 3 N–H and O–H groups in total. The van der Waals surface area contributed by atoms with Crippen LogP contribution in [0, 0.1) is 21.4 Å². The number of H-pyrrole nitrogens is 1. The van der Waals surface area contributed by atoms with Crippen LogP contribution >= 0.6 is 11.6 Å². The summed E-state index contributed by atoms with van der Waals surface area (Å²) in [5, 5.41) is 28.4. The molecule has 0 saturated heterocycles. The summed E-state index contributed by atoms with van der Waals surface area (Å²) in [5.74, 6) is -0.592. The zero-order valence-electron chi connectivity index (χ0n) is 14.2. The van der Waals surface area contributed by atoms with Gasteiger partial charge < -0.3 is 10.5 Å². The number of hydrogen-bond donors (Lipinski definition) is 2. The molecule has 0 saturated carbocycles. The number of rotatable bonds is 3. The Morgan fingerprint density at radius 1 is 1.29 bits per heavy atom. The van der Waals surface area contributed by atoms with Crippen molar-refractivity contribution in [3.63, 3.8) is 0 Å². The van der Waals surface area contributed by atoms with Crippen LogP contribution in [-0.2, 0) is 0 Å². The average Bonchev–Trinajstić information content (AvgIpc) is 3.10. The first kappa shape index (κ1) is 17.6. The van der Waals surface area contributed by atoms with Crippen molar-refractivity contribution in [2.24, 2.45) is 5.73 Å². The second-order valence-corrected chi connectivity index (χ2v) is 6.48. The summed E-state index contributed by atoms with van der Waals surface area (Å²) in [4.78, 5) is 10.7. The zero-order chi connectivity index (χ0) is 19.8. The van der Waals surface area contributed by atoms with Crippen molar-refractivity contribution in [2.75, 3.05) is 0 Å². The first-order valence-electron chi connectivity index (χ1n) is 8.16. The number of nitrogens with zero attached hydrogens (tertiary/aromatic N) is 3. The molecule has 28 heavy (non-hydrogen) atoms. The third-order valence-corrected chi connectivity index (χ3v) is 4.83.